The molecular formula is C10H18N2O3. The Morgan fingerprint density at radius 2 is 1.27 bits per heavy atom. The third kappa shape index (κ3) is 2.78. The van der Waals surface area contributed by atoms with Crippen molar-refractivity contribution in [2.75, 3.05) is 28.2 Å². The number of hydrogen-bond acceptors (Lipinski definition) is 3. The molecule has 2 amide bonds. The topological polar surface area (TPSA) is 57.7 Å². The zero-order chi connectivity index (χ0) is 12.4. The third-order valence-corrected chi connectivity index (χ3v) is 2.11. The van der Waals surface area contributed by atoms with Crippen molar-refractivity contribution in [3.63, 3.8) is 0 Å². The molecule has 0 aliphatic rings. The third-order valence-electron chi connectivity index (χ3n) is 2.11. The number of ketones is 1. The van der Waals surface area contributed by atoms with Gasteiger partial charge in [-0.3, -0.25) is 14.4 Å². The van der Waals surface area contributed by atoms with Crippen LogP contribution in [-0.2, 0) is 14.4 Å². The van der Waals surface area contributed by atoms with Gasteiger partial charge in [0.05, 0.1) is 0 Å². The zero-order valence-corrected chi connectivity index (χ0v) is 10.1. The molecule has 0 bridgehead atoms. The lowest BCUT2D eigenvalue weighted by molar-refractivity contribution is -0.154. The lowest BCUT2D eigenvalue weighted by Crippen LogP contribution is -2.47. The minimum absolute atomic E-state index is 0.372. The van der Waals surface area contributed by atoms with Crippen LogP contribution in [0.2, 0.25) is 0 Å². The van der Waals surface area contributed by atoms with E-state index in [0.29, 0.717) is 0 Å². The maximum absolute atomic E-state index is 11.7. The number of amides is 2. The first kappa shape index (κ1) is 13.6. The van der Waals surface area contributed by atoms with Gasteiger partial charge in [-0.05, 0) is 13.8 Å². The average Bonchev–Trinajstić information content (AvgIpc) is 2.13. The van der Waals surface area contributed by atoms with Crippen molar-refractivity contribution in [3.05, 3.63) is 0 Å². The fourth-order valence-electron chi connectivity index (χ4n) is 1.13. The molecule has 5 heteroatoms. The molecule has 0 atom stereocenters. The second-order valence-electron chi connectivity index (χ2n) is 4.35. The first-order chi connectivity index (χ1) is 6.62. The van der Waals surface area contributed by atoms with Crippen LogP contribution in [0.5, 0.6) is 0 Å². The summed E-state index contributed by atoms with van der Waals surface area (Å²) in [7, 11) is 6.07. The summed E-state index contributed by atoms with van der Waals surface area (Å²) in [6.07, 6.45) is 0. The van der Waals surface area contributed by atoms with Crippen LogP contribution in [0.1, 0.15) is 13.8 Å². The van der Waals surface area contributed by atoms with E-state index >= 15 is 0 Å². The van der Waals surface area contributed by atoms with Gasteiger partial charge in [0.1, 0.15) is 5.41 Å². The highest BCUT2D eigenvalue weighted by molar-refractivity contribution is 6.41. The molecule has 0 N–H and O–H groups in total. The summed E-state index contributed by atoms with van der Waals surface area (Å²) >= 11 is 0. The van der Waals surface area contributed by atoms with Gasteiger partial charge in [-0.2, -0.15) is 0 Å². The van der Waals surface area contributed by atoms with Crippen LogP contribution in [-0.4, -0.2) is 55.6 Å². The Morgan fingerprint density at radius 1 is 0.867 bits per heavy atom. The number of carbonyl (C=O) groups excluding carboxylic acids is 3. The van der Waals surface area contributed by atoms with Gasteiger partial charge >= 0.3 is 0 Å². The van der Waals surface area contributed by atoms with E-state index in [2.05, 4.69) is 0 Å². The maximum atomic E-state index is 11.7. The maximum Gasteiger partial charge on any atom is 0.290 e. The van der Waals surface area contributed by atoms with Crippen LogP contribution < -0.4 is 0 Å². The largest absolute Gasteiger partial charge is 0.348 e. The Balaban J connectivity index is 4.97. The fourth-order valence-corrected chi connectivity index (χ4v) is 1.13. The summed E-state index contributed by atoms with van der Waals surface area (Å²) in [5, 5.41) is 0. The van der Waals surface area contributed by atoms with Crippen LogP contribution >= 0.6 is 0 Å². The first-order valence-electron chi connectivity index (χ1n) is 4.60. The highest BCUT2D eigenvalue weighted by Crippen LogP contribution is 2.20. The molecule has 0 radical (unpaired) electrons. The monoisotopic (exact) mass is 214 g/mol. The highest BCUT2D eigenvalue weighted by Gasteiger charge is 2.41. The van der Waals surface area contributed by atoms with Gasteiger partial charge in [0.15, 0.2) is 0 Å². The fraction of sp³-hybridized carbons (Fsp3) is 0.700. The number of nitrogens with zero attached hydrogens (tertiary/aromatic N) is 2. The van der Waals surface area contributed by atoms with Crippen LogP contribution in [0.15, 0.2) is 0 Å². The van der Waals surface area contributed by atoms with Gasteiger partial charge in [-0.15, -0.1) is 0 Å². The molecule has 0 rings (SSSR count). The molecule has 15 heavy (non-hydrogen) atoms. The van der Waals surface area contributed by atoms with Gasteiger partial charge in [-0.1, -0.05) is 0 Å². The number of rotatable bonds is 3. The molecule has 0 saturated carbocycles. The van der Waals surface area contributed by atoms with E-state index in [9.17, 15) is 14.4 Å². The molecule has 0 aliphatic carbocycles. The molecule has 0 heterocycles. The van der Waals surface area contributed by atoms with Gasteiger partial charge in [0, 0.05) is 28.2 Å². The summed E-state index contributed by atoms with van der Waals surface area (Å²) in [6, 6.07) is 0. The summed E-state index contributed by atoms with van der Waals surface area (Å²) in [5.74, 6) is -1.72. The second kappa shape index (κ2) is 4.42. The molecule has 0 aromatic rings. The van der Waals surface area contributed by atoms with Crippen molar-refractivity contribution in [1.82, 2.24) is 9.80 Å². The van der Waals surface area contributed by atoms with E-state index < -0.39 is 17.1 Å². The number of Topliss-reactive ketones (excluding diaryl/α,β-unsaturated/α-hetero) is 1. The van der Waals surface area contributed by atoms with Crippen molar-refractivity contribution in [3.8, 4) is 0 Å². The van der Waals surface area contributed by atoms with Crippen LogP contribution in [0.3, 0.4) is 0 Å². The minimum Gasteiger partial charge on any atom is -0.348 e. The van der Waals surface area contributed by atoms with Gasteiger partial charge in [0.2, 0.25) is 11.7 Å². The summed E-state index contributed by atoms with van der Waals surface area (Å²) < 4.78 is 0. The molecular weight excluding hydrogens is 196 g/mol. The smallest absolute Gasteiger partial charge is 0.290 e. The molecule has 0 aliphatic heterocycles. The van der Waals surface area contributed by atoms with E-state index in [0.717, 1.165) is 0 Å². The predicted octanol–water partition coefficient (Wildman–Crippen LogP) is -0.242. The molecule has 0 fully saturated rings. The Morgan fingerprint density at radius 3 is 1.53 bits per heavy atom. The molecule has 0 aromatic carbocycles. The van der Waals surface area contributed by atoms with Gasteiger partial charge in [-0.25, -0.2) is 0 Å². The van der Waals surface area contributed by atoms with Gasteiger partial charge in [0.25, 0.3) is 5.91 Å². The standard InChI is InChI=1S/C10H18N2O3/c1-10(2,9(15)12(5)6)7(13)8(14)11(3)4/h1-6H3. The molecule has 0 aromatic heterocycles. The van der Waals surface area contributed by atoms with Crippen LogP contribution in [0.4, 0.5) is 0 Å². The van der Waals surface area contributed by atoms with E-state index in [1.807, 2.05) is 0 Å². The summed E-state index contributed by atoms with van der Waals surface area (Å²) in [6.45, 7) is 2.91. The Labute approximate surface area is 90.0 Å². The van der Waals surface area contributed by atoms with E-state index in [1.54, 1.807) is 14.1 Å². The predicted molar refractivity (Wildman–Crippen MR) is 56.2 cm³/mol. The summed E-state index contributed by atoms with van der Waals surface area (Å²) in [4.78, 5) is 37.3. The van der Waals surface area contributed by atoms with Crippen molar-refractivity contribution in [1.29, 1.82) is 0 Å². The van der Waals surface area contributed by atoms with E-state index in [4.69, 9.17) is 0 Å². The van der Waals surface area contributed by atoms with Crippen molar-refractivity contribution >= 4 is 17.6 Å². The van der Waals surface area contributed by atoms with Crippen LogP contribution in [0, 0.1) is 5.41 Å². The minimum atomic E-state index is -1.30. The second-order valence-corrected chi connectivity index (χ2v) is 4.35. The highest BCUT2D eigenvalue weighted by atomic mass is 16.2. The van der Waals surface area contributed by atoms with Crippen molar-refractivity contribution < 1.29 is 14.4 Å². The number of likely N-dealkylation sites (N-methyl/N-ethyl adjacent to an activating group) is 1. The van der Waals surface area contributed by atoms with E-state index in [1.165, 1.54) is 37.7 Å². The lowest BCUT2D eigenvalue weighted by Gasteiger charge is -2.26. The zero-order valence-electron chi connectivity index (χ0n) is 10.1. The van der Waals surface area contributed by atoms with Crippen LogP contribution in [0.25, 0.3) is 0 Å². The van der Waals surface area contributed by atoms with Crippen molar-refractivity contribution in [2.45, 2.75) is 13.8 Å². The SMILES string of the molecule is CN(C)C(=O)C(=O)C(C)(C)C(=O)N(C)C. The lowest BCUT2D eigenvalue weighted by atomic mass is 9.86. The quantitative estimate of drug-likeness (QED) is 0.481. The molecule has 86 valence electrons. The summed E-state index contributed by atoms with van der Waals surface area (Å²) in [5.41, 5.74) is -1.30. The Hall–Kier alpha value is -1.39. The average molecular weight is 214 g/mol. The molecule has 0 saturated heterocycles. The van der Waals surface area contributed by atoms with Gasteiger partial charge < -0.3 is 9.80 Å². The van der Waals surface area contributed by atoms with Crippen molar-refractivity contribution in [2.24, 2.45) is 5.41 Å². The Kier molecular flexibility index (Phi) is 4.01. The normalized spacial score (nSPS) is 10.8. The molecule has 5 nitrogen and oxygen atoms in total. The molecule has 0 unspecified atom stereocenters. The number of hydrogen-bond donors (Lipinski definition) is 0. The Bertz CT molecular complexity index is 293. The van der Waals surface area contributed by atoms with E-state index in [-0.39, 0.29) is 5.91 Å². The first-order valence-corrected chi connectivity index (χ1v) is 4.60. The number of carbonyl (C=O) groups is 3. The molecule has 0 spiro atoms.